The zero-order valence-corrected chi connectivity index (χ0v) is 17.0. The molecule has 0 N–H and O–H groups in total. The molecule has 1 aliphatic rings. The molecule has 0 saturated carbocycles. The minimum Gasteiger partial charge on any atom is -0.340 e. The second-order valence-electron chi connectivity index (χ2n) is 7.67. The summed E-state index contributed by atoms with van der Waals surface area (Å²) in [6, 6.07) is 15.1. The van der Waals surface area contributed by atoms with Crippen LogP contribution in [0.15, 0.2) is 48.5 Å². The van der Waals surface area contributed by atoms with E-state index in [2.05, 4.69) is 23.6 Å². The standard InChI is InChI=1S/C22H25FN2O2S/c1-16-22(18-10-12-24(13-11-18)28(2,26)27)20-8-3-4-9-21(20)25(16)15-17-6-5-7-19(23)14-17/h3-9,14,18H,10-13,15H2,1-2H3. The van der Waals surface area contributed by atoms with Gasteiger partial charge >= 0.3 is 0 Å². The lowest BCUT2D eigenvalue weighted by Gasteiger charge is -2.30. The molecule has 4 rings (SSSR count). The van der Waals surface area contributed by atoms with Gasteiger partial charge in [-0.05, 0) is 55.0 Å². The molecule has 1 aliphatic heterocycles. The highest BCUT2D eigenvalue weighted by atomic mass is 32.2. The maximum atomic E-state index is 13.7. The molecule has 1 saturated heterocycles. The van der Waals surface area contributed by atoms with E-state index >= 15 is 0 Å². The molecular formula is C22H25FN2O2S. The van der Waals surface area contributed by atoms with Crippen molar-refractivity contribution >= 4 is 20.9 Å². The first-order valence-electron chi connectivity index (χ1n) is 9.62. The molecule has 4 nitrogen and oxygen atoms in total. The molecule has 0 unspecified atom stereocenters. The van der Waals surface area contributed by atoms with Crippen LogP contribution in [0.3, 0.4) is 0 Å². The SMILES string of the molecule is Cc1c(C2CCN(S(C)(=O)=O)CC2)c2ccccc2n1Cc1cccc(F)c1. The number of hydrogen-bond acceptors (Lipinski definition) is 2. The van der Waals surface area contributed by atoms with Gasteiger partial charge in [-0.15, -0.1) is 0 Å². The maximum Gasteiger partial charge on any atom is 0.211 e. The van der Waals surface area contributed by atoms with Gasteiger partial charge in [0.2, 0.25) is 10.0 Å². The van der Waals surface area contributed by atoms with E-state index in [9.17, 15) is 12.8 Å². The lowest BCUT2D eigenvalue weighted by Crippen LogP contribution is -2.37. The number of benzene rings is 2. The molecule has 1 fully saturated rings. The van der Waals surface area contributed by atoms with Crippen LogP contribution >= 0.6 is 0 Å². The van der Waals surface area contributed by atoms with E-state index in [-0.39, 0.29) is 5.82 Å². The number of hydrogen-bond donors (Lipinski definition) is 0. The number of rotatable bonds is 4. The van der Waals surface area contributed by atoms with Crippen LogP contribution in [0.1, 0.15) is 35.6 Å². The summed E-state index contributed by atoms with van der Waals surface area (Å²) < 4.78 is 41.1. The van der Waals surface area contributed by atoms with Gasteiger partial charge in [-0.1, -0.05) is 30.3 Å². The molecule has 0 aliphatic carbocycles. The van der Waals surface area contributed by atoms with Crippen molar-refractivity contribution in [1.82, 2.24) is 8.87 Å². The Morgan fingerprint density at radius 3 is 2.46 bits per heavy atom. The molecule has 0 atom stereocenters. The summed E-state index contributed by atoms with van der Waals surface area (Å²) in [5.41, 5.74) is 4.57. The highest BCUT2D eigenvalue weighted by Crippen LogP contribution is 2.38. The molecule has 0 amide bonds. The van der Waals surface area contributed by atoms with E-state index in [1.165, 1.54) is 29.0 Å². The number of para-hydroxylation sites is 1. The minimum atomic E-state index is -3.13. The van der Waals surface area contributed by atoms with E-state index < -0.39 is 10.0 Å². The van der Waals surface area contributed by atoms with Crippen LogP contribution in [-0.4, -0.2) is 36.6 Å². The molecule has 28 heavy (non-hydrogen) atoms. The molecule has 2 heterocycles. The van der Waals surface area contributed by atoms with Crippen molar-refractivity contribution in [3.63, 3.8) is 0 Å². The van der Waals surface area contributed by atoms with Crippen LogP contribution in [0.25, 0.3) is 10.9 Å². The molecule has 148 valence electrons. The van der Waals surface area contributed by atoms with Gasteiger partial charge in [0.15, 0.2) is 0 Å². The average Bonchev–Trinajstić information content (AvgIpc) is 2.93. The van der Waals surface area contributed by atoms with Crippen LogP contribution in [0, 0.1) is 12.7 Å². The third-order valence-corrected chi connectivity index (χ3v) is 7.14. The van der Waals surface area contributed by atoms with Crippen molar-refractivity contribution in [2.24, 2.45) is 0 Å². The van der Waals surface area contributed by atoms with Crippen molar-refractivity contribution in [3.05, 3.63) is 71.2 Å². The van der Waals surface area contributed by atoms with Crippen molar-refractivity contribution < 1.29 is 12.8 Å². The fourth-order valence-corrected chi connectivity index (χ4v) is 5.34. The molecule has 2 aromatic carbocycles. The van der Waals surface area contributed by atoms with Crippen molar-refractivity contribution in [1.29, 1.82) is 0 Å². The Balaban J connectivity index is 1.71. The summed E-state index contributed by atoms with van der Waals surface area (Å²) in [5.74, 6) is 0.108. The quantitative estimate of drug-likeness (QED) is 0.656. The largest absolute Gasteiger partial charge is 0.340 e. The van der Waals surface area contributed by atoms with E-state index in [4.69, 9.17) is 0 Å². The lowest BCUT2D eigenvalue weighted by molar-refractivity contribution is 0.321. The van der Waals surface area contributed by atoms with Gasteiger partial charge in [-0.2, -0.15) is 0 Å². The maximum absolute atomic E-state index is 13.7. The highest BCUT2D eigenvalue weighted by Gasteiger charge is 2.29. The fraction of sp³-hybridized carbons (Fsp3) is 0.364. The number of piperidine rings is 1. The number of aromatic nitrogens is 1. The summed E-state index contributed by atoms with van der Waals surface area (Å²) in [6.45, 7) is 3.86. The Hall–Kier alpha value is -2.18. The highest BCUT2D eigenvalue weighted by molar-refractivity contribution is 7.88. The van der Waals surface area contributed by atoms with E-state index in [1.807, 2.05) is 18.2 Å². The predicted molar refractivity (Wildman–Crippen MR) is 111 cm³/mol. The number of nitrogens with zero attached hydrogens (tertiary/aromatic N) is 2. The number of halogens is 1. The molecule has 0 spiro atoms. The van der Waals surface area contributed by atoms with Gasteiger partial charge in [-0.3, -0.25) is 0 Å². The molecular weight excluding hydrogens is 375 g/mol. The number of fused-ring (bicyclic) bond motifs is 1. The van der Waals surface area contributed by atoms with Gasteiger partial charge in [0, 0.05) is 36.2 Å². The Labute approximate surface area is 165 Å². The molecule has 6 heteroatoms. The van der Waals surface area contributed by atoms with Gasteiger partial charge in [0.1, 0.15) is 5.82 Å². The lowest BCUT2D eigenvalue weighted by atomic mass is 9.88. The first-order chi connectivity index (χ1) is 13.3. The van der Waals surface area contributed by atoms with Gasteiger partial charge in [-0.25, -0.2) is 17.1 Å². The molecule has 0 radical (unpaired) electrons. The van der Waals surface area contributed by atoms with E-state index in [0.717, 1.165) is 23.9 Å². The molecule has 1 aromatic heterocycles. The van der Waals surface area contributed by atoms with Crippen LogP contribution in [0.2, 0.25) is 0 Å². The second kappa shape index (κ2) is 7.33. The first kappa shape index (κ1) is 19.2. The smallest absolute Gasteiger partial charge is 0.211 e. The monoisotopic (exact) mass is 400 g/mol. The van der Waals surface area contributed by atoms with Crippen LogP contribution < -0.4 is 0 Å². The van der Waals surface area contributed by atoms with Gasteiger partial charge < -0.3 is 4.57 Å². The summed E-state index contributed by atoms with van der Waals surface area (Å²) in [7, 11) is -3.13. The number of sulfonamides is 1. The topological polar surface area (TPSA) is 42.3 Å². The Morgan fingerprint density at radius 1 is 1.07 bits per heavy atom. The van der Waals surface area contributed by atoms with E-state index in [1.54, 1.807) is 16.4 Å². The summed E-state index contributed by atoms with van der Waals surface area (Å²) in [4.78, 5) is 0. The second-order valence-corrected chi connectivity index (χ2v) is 9.65. The summed E-state index contributed by atoms with van der Waals surface area (Å²) in [5, 5.41) is 1.22. The zero-order valence-electron chi connectivity index (χ0n) is 16.2. The first-order valence-corrected chi connectivity index (χ1v) is 11.5. The Bertz CT molecular complexity index is 1110. The van der Waals surface area contributed by atoms with Crippen molar-refractivity contribution in [2.45, 2.75) is 32.2 Å². The predicted octanol–water partition coefficient (Wildman–Crippen LogP) is 4.28. The van der Waals surface area contributed by atoms with Crippen LogP contribution in [-0.2, 0) is 16.6 Å². The van der Waals surface area contributed by atoms with E-state index in [0.29, 0.717) is 25.6 Å². The fourth-order valence-electron chi connectivity index (χ4n) is 4.47. The molecule has 3 aromatic rings. The average molecular weight is 401 g/mol. The molecule has 0 bridgehead atoms. The normalized spacial score (nSPS) is 16.7. The summed E-state index contributed by atoms with van der Waals surface area (Å²) in [6.07, 6.45) is 2.92. The third kappa shape index (κ3) is 3.59. The van der Waals surface area contributed by atoms with Crippen molar-refractivity contribution in [2.75, 3.05) is 19.3 Å². The Morgan fingerprint density at radius 2 is 1.79 bits per heavy atom. The zero-order chi connectivity index (χ0) is 19.9. The minimum absolute atomic E-state index is 0.222. The van der Waals surface area contributed by atoms with Crippen LogP contribution in [0.5, 0.6) is 0 Å². The van der Waals surface area contributed by atoms with Gasteiger partial charge in [0.25, 0.3) is 0 Å². The van der Waals surface area contributed by atoms with Gasteiger partial charge in [0.05, 0.1) is 6.26 Å². The Kier molecular flexibility index (Phi) is 5.02. The van der Waals surface area contributed by atoms with Crippen molar-refractivity contribution in [3.8, 4) is 0 Å². The summed E-state index contributed by atoms with van der Waals surface area (Å²) >= 11 is 0. The third-order valence-electron chi connectivity index (χ3n) is 5.84. The van der Waals surface area contributed by atoms with Crippen LogP contribution in [0.4, 0.5) is 4.39 Å².